The summed E-state index contributed by atoms with van der Waals surface area (Å²) in [6.45, 7) is 4.43. The van der Waals surface area contributed by atoms with E-state index in [0.29, 0.717) is 23.7 Å². The van der Waals surface area contributed by atoms with Crippen LogP contribution in [0.3, 0.4) is 0 Å². The second-order valence-electron chi connectivity index (χ2n) is 5.61. The molecule has 2 rings (SSSR count). The smallest absolute Gasteiger partial charge is 0.263 e. The fourth-order valence-electron chi connectivity index (χ4n) is 2.34. The van der Waals surface area contributed by atoms with Gasteiger partial charge in [-0.3, -0.25) is 4.79 Å². The van der Waals surface area contributed by atoms with Crippen LogP contribution >= 0.6 is 11.6 Å². The summed E-state index contributed by atoms with van der Waals surface area (Å²) < 4.78 is 5.87. The summed E-state index contributed by atoms with van der Waals surface area (Å²) in [5.74, 6) is 0.643. The van der Waals surface area contributed by atoms with Gasteiger partial charge in [-0.05, 0) is 42.7 Å². The zero-order valence-electron chi connectivity index (χ0n) is 13.8. The maximum Gasteiger partial charge on any atom is 0.263 e. The molecule has 4 heteroatoms. The lowest BCUT2D eigenvalue weighted by molar-refractivity contribution is -0.138. The molecule has 0 aliphatic carbocycles. The fraction of sp³-hybridized carbons (Fsp3) is 0.316. The topological polar surface area (TPSA) is 29.5 Å². The van der Waals surface area contributed by atoms with E-state index in [1.165, 1.54) is 0 Å². The molecular formula is C19H22ClNO2. The molecule has 0 aliphatic heterocycles. The first kappa shape index (κ1) is 17.4. The highest BCUT2D eigenvalue weighted by Crippen LogP contribution is 2.23. The second kappa shape index (κ2) is 8.02. The Bertz CT molecular complexity index is 658. The summed E-state index contributed by atoms with van der Waals surface area (Å²) in [5.41, 5.74) is 2.03. The summed E-state index contributed by atoms with van der Waals surface area (Å²) in [7, 11) is 1.80. The van der Waals surface area contributed by atoms with Crippen LogP contribution in [0.25, 0.3) is 0 Å². The maximum absolute atomic E-state index is 12.6. The number of rotatable bonds is 6. The number of carbonyl (C=O) groups is 1. The molecule has 122 valence electrons. The zero-order chi connectivity index (χ0) is 16.8. The van der Waals surface area contributed by atoms with Gasteiger partial charge >= 0.3 is 0 Å². The highest BCUT2D eigenvalue weighted by atomic mass is 35.5. The van der Waals surface area contributed by atoms with Gasteiger partial charge in [0.05, 0.1) is 0 Å². The molecule has 0 aromatic heterocycles. The summed E-state index contributed by atoms with van der Waals surface area (Å²) in [4.78, 5) is 14.3. The van der Waals surface area contributed by atoms with E-state index in [4.69, 9.17) is 16.3 Å². The van der Waals surface area contributed by atoms with Crippen molar-refractivity contribution in [1.82, 2.24) is 4.90 Å². The predicted octanol–water partition coefficient (Wildman–Crippen LogP) is 4.46. The molecule has 0 bridgehead atoms. The number of amides is 1. The van der Waals surface area contributed by atoms with Gasteiger partial charge < -0.3 is 9.64 Å². The molecule has 0 unspecified atom stereocenters. The fourth-order valence-corrected chi connectivity index (χ4v) is 2.46. The van der Waals surface area contributed by atoms with Crippen molar-refractivity contribution in [3.05, 3.63) is 64.7 Å². The Morgan fingerprint density at radius 2 is 1.91 bits per heavy atom. The number of benzene rings is 2. The van der Waals surface area contributed by atoms with Crippen molar-refractivity contribution in [2.45, 2.75) is 32.9 Å². The summed E-state index contributed by atoms with van der Waals surface area (Å²) in [5, 5.41) is 0.693. The van der Waals surface area contributed by atoms with Crippen molar-refractivity contribution in [1.29, 1.82) is 0 Å². The van der Waals surface area contributed by atoms with Crippen LogP contribution in [0.5, 0.6) is 5.75 Å². The van der Waals surface area contributed by atoms with Gasteiger partial charge in [-0.1, -0.05) is 48.9 Å². The molecule has 1 amide bonds. The van der Waals surface area contributed by atoms with Gasteiger partial charge in [-0.2, -0.15) is 0 Å². The Kier molecular flexibility index (Phi) is 6.05. The van der Waals surface area contributed by atoms with E-state index in [0.717, 1.165) is 11.1 Å². The molecule has 0 aliphatic rings. The molecule has 0 radical (unpaired) electrons. The van der Waals surface area contributed by atoms with Crippen molar-refractivity contribution < 1.29 is 9.53 Å². The van der Waals surface area contributed by atoms with Crippen LogP contribution in [0, 0.1) is 6.92 Å². The Labute approximate surface area is 142 Å². The molecule has 0 saturated heterocycles. The number of aryl methyl sites for hydroxylation is 1. The van der Waals surface area contributed by atoms with Gasteiger partial charge in [0.1, 0.15) is 5.75 Å². The number of carbonyl (C=O) groups excluding carboxylic acids is 1. The average molecular weight is 332 g/mol. The van der Waals surface area contributed by atoms with Gasteiger partial charge in [0, 0.05) is 18.6 Å². The van der Waals surface area contributed by atoms with E-state index in [2.05, 4.69) is 0 Å². The first-order valence-electron chi connectivity index (χ1n) is 7.73. The van der Waals surface area contributed by atoms with Gasteiger partial charge in [0.2, 0.25) is 0 Å². The first-order chi connectivity index (χ1) is 11.0. The molecule has 3 nitrogen and oxygen atoms in total. The normalized spacial score (nSPS) is 11.8. The monoisotopic (exact) mass is 331 g/mol. The van der Waals surface area contributed by atoms with Gasteiger partial charge in [-0.25, -0.2) is 0 Å². The van der Waals surface area contributed by atoms with Gasteiger partial charge in [0.25, 0.3) is 5.91 Å². The van der Waals surface area contributed by atoms with E-state index in [1.54, 1.807) is 24.1 Å². The zero-order valence-corrected chi connectivity index (χ0v) is 14.5. The van der Waals surface area contributed by atoms with Crippen molar-refractivity contribution in [2.75, 3.05) is 7.05 Å². The Morgan fingerprint density at radius 1 is 1.22 bits per heavy atom. The number of hydrogen-bond donors (Lipinski definition) is 0. The predicted molar refractivity (Wildman–Crippen MR) is 93.8 cm³/mol. The van der Waals surface area contributed by atoms with Crippen molar-refractivity contribution >= 4 is 17.5 Å². The molecule has 0 spiro atoms. The second-order valence-corrected chi connectivity index (χ2v) is 6.01. The number of hydrogen-bond acceptors (Lipinski definition) is 2. The van der Waals surface area contributed by atoms with Crippen LogP contribution in [0.15, 0.2) is 48.5 Å². The maximum atomic E-state index is 12.6. The Hall–Kier alpha value is -2.00. The molecule has 2 aromatic carbocycles. The third kappa shape index (κ3) is 4.73. The molecule has 0 heterocycles. The van der Waals surface area contributed by atoms with Crippen molar-refractivity contribution in [3.63, 3.8) is 0 Å². The first-order valence-corrected chi connectivity index (χ1v) is 8.10. The number of halogens is 1. The number of likely N-dealkylation sites (N-methyl/N-ethyl adjacent to an activating group) is 1. The molecule has 23 heavy (non-hydrogen) atoms. The third-order valence-corrected chi connectivity index (χ3v) is 4.12. The van der Waals surface area contributed by atoms with Crippen LogP contribution in [0.2, 0.25) is 5.02 Å². The van der Waals surface area contributed by atoms with Crippen molar-refractivity contribution in [2.24, 2.45) is 0 Å². The molecule has 0 N–H and O–H groups in total. The highest BCUT2D eigenvalue weighted by Gasteiger charge is 2.22. The van der Waals surface area contributed by atoms with E-state index >= 15 is 0 Å². The largest absolute Gasteiger partial charge is 0.481 e. The lowest BCUT2D eigenvalue weighted by Crippen LogP contribution is -2.39. The molecule has 2 aromatic rings. The van der Waals surface area contributed by atoms with Crippen molar-refractivity contribution in [3.8, 4) is 5.75 Å². The SMILES string of the molecule is CC[C@@H](Oc1ccc(Cl)c(C)c1)C(=O)N(C)Cc1ccccc1. The molecule has 0 fully saturated rings. The van der Waals surface area contributed by atoms with E-state index in [1.807, 2.05) is 50.2 Å². The number of nitrogens with zero attached hydrogens (tertiary/aromatic N) is 1. The summed E-state index contributed by atoms with van der Waals surface area (Å²) >= 11 is 6.02. The third-order valence-electron chi connectivity index (χ3n) is 3.69. The van der Waals surface area contributed by atoms with Crippen LogP contribution in [0.1, 0.15) is 24.5 Å². The van der Waals surface area contributed by atoms with Gasteiger partial charge in [0.15, 0.2) is 6.10 Å². The van der Waals surface area contributed by atoms with E-state index in [9.17, 15) is 4.79 Å². The molecule has 1 atom stereocenters. The lowest BCUT2D eigenvalue weighted by atomic mass is 10.2. The highest BCUT2D eigenvalue weighted by molar-refractivity contribution is 6.31. The summed E-state index contributed by atoms with van der Waals surface area (Å²) in [6.07, 6.45) is 0.115. The van der Waals surface area contributed by atoms with Gasteiger partial charge in [-0.15, -0.1) is 0 Å². The Morgan fingerprint density at radius 3 is 2.52 bits per heavy atom. The quantitative estimate of drug-likeness (QED) is 0.782. The minimum Gasteiger partial charge on any atom is -0.481 e. The molecule has 0 saturated carbocycles. The van der Waals surface area contributed by atoms with Crippen LogP contribution in [0.4, 0.5) is 0 Å². The number of ether oxygens (including phenoxy) is 1. The standard InChI is InChI=1S/C19H22ClNO2/c1-4-18(23-16-10-11-17(20)14(2)12-16)19(22)21(3)13-15-8-6-5-7-9-15/h5-12,18H,4,13H2,1-3H3/t18-/m1/s1. The minimum absolute atomic E-state index is 0.0241. The Balaban J connectivity index is 2.04. The van der Waals surface area contributed by atoms with E-state index < -0.39 is 6.10 Å². The lowest BCUT2D eigenvalue weighted by Gasteiger charge is -2.24. The van der Waals surface area contributed by atoms with Crippen LogP contribution in [-0.2, 0) is 11.3 Å². The van der Waals surface area contributed by atoms with Crippen LogP contribution < -0.4 is 4.74 Å². The van der Waals surface area contributed by atoms with E-state index in [-0.39, 0.29) is 5.91 Å². The molecular weight excluding hydrogens is 310 g/mol. The summed E-state index contributed by atoms with van der Waals surface area (Å²) in [6, 6.07) is 15.4. The van der Waals surface area contributed by atoms with Crippen LogP contribution in [-0.4, -0.2) is 24.0 Å². The average Bonchev–Trinajstić information content (AvgIpc) is 2.56. The minimum atomic E-state index is -0.496.